The smallest absolute Gasteiger partial charge is 0.254 e. The Labute approximate surface area is 165 Å². The van der Waals surface area contributed by atoms with E-state index in [2.05, 4.69) is 9.88 Å². The average Bonchev–Trinajstić information content (AvgIpc) is 2.66. The van der Waals surface area contributed by atoms with Gasteiger partial charge >= 0.3 is 0 Å². The summed E-state index contributed by atoms with van der Waals surface area (Å²) >= 11 is 0. The molecule has 1 N–H and O–H groups in total. The van der Waals surface area contributed by atoms with Crippen LogP contribution < -0.4 is 19.8 Å². The van der Waals surface area contributed by atoms with Crippen molar-refractivity contribution in [3.63, 3.8) is 0 Å². The van der Waals surface area contributed by atoms with Crippen molar-refractivity contribution in [3.8, 4) is 17.2 Å². The standard InChI is InChI=1S/C21H29N3O4/c1-21(2,3)20-22-15-12-24(8-7-14(15)19(25)23-20)11-13-9-17(27-5)18(28-6)10-16(13)26-4/h9-10H,7-8,11-12H2,1-6H3,(H,22,23,25). The van der Waals surface area contributed by atoms with E-state index in [1.165, 1.54) is 0 Å². The summed E-state index contributed by atoms with van der Waals surface area (Å²) in [5, 5.41) is 0. The molecule has 0 spiro atoms. The number of aromatic amines is 1. The third-order valence-corrected chi connectivity index (χ3v) is 5.04. The van der Waals surface area contributed by atoms with E-state index >= 15 is 0 Å². The van der Waals surface area contributed by atoms with Crippen LogP contribution in [-0.4, -0.2) is 42.7 Å². The van der Waals surface area contributed by atoms with Gasteiger partial charge in [-0.1, -0.05) is 20.8 Å². The molecule has 1 aliphatic rings. The maximum atomic E-state index is 12.5. The summed E-state index contributed by atoms with van der Waals surface area (Å²) in [7, 11) is 4.87. The number of benzene rings is 1. The summed E-state index contributed by atoms with van der Waals surface area (Å²) < 4.78 is 16.3. The van der Waals surface area contributed by atoms with Gasteiger partial charge in [0, 0.05) is 42.2 Å². The summed E-state index contributed by atoms with van der Waals surface area (Å²) in [6.07, 6.45) is 0.678. The molecule has 7 nitrogen and oxygen atoms in total. The first-order valence-electron chi connectivity index (χ1n) is 9.40. The number of rotatable bonds is 5. The van der Waals surface area contributed by atoms with E-state index in [0.29, 0.717) is 31.0 Å². The van der Waals surface area contributed by atoms with Gasteiger partial charge in [-0.25, -0.2) is 4.98 Å². The van der Waals surface area contributed by atoms with Crippen LogP contribution in [0.4, 0.5) is 0 Å². The Hall–Kier alpha value is -2.54. The molecular weight excluding hydrogens is 358 g/mol. The maximum Gasteiger partial charge on any atom is 0.254 e. The normalized spacial score (nSPS) is 14.5. The third-order valence-electron chi connectivity index (χ3n) is 5.04. The number of H-pyrrole nitrogens is 1. The quantitative estimate of drug-likeness (QED) is 0.850. The maximum absolute atomic E-state index is 12.5. The SMILES string of the molecule is COc1cc(OC)c(OC)cc1CN1CCc2c(nc(C(C)(C)C)[nH]c2=O)C1. The summed E-state index contributed by atoms with van der Waals surface area (Å²) in [6.45, 7) is 8.22. The molecule has 7 heteroatoms. The fraction of sp³-hybridized carbons (Fsp3) is 0.524. The lowest BCUT2D eigenvalue weighted by Crippen LogP contribution is -2.36. The molecule has 0 amide bonds. The molecule has 152 valence electrons. The minimum absolute atomic E-state index is 0.0155. The van der Waals surface area contributed by atoms with Gasteiger partial charge < -0.3 is 19.2 Å². The second kappa shape index (κ2) is 7.83. The summed E-state index contributed by atoms with van der Waals surface area (Å²) in [5.74, 6) is 2.77. The Morgan fingerprint density at radius 3 is 2.32 bits per heavy atom. The van der Waals surface area contributed by atoms with Crippen molar-refractivity contribution in [1.82, 2.24) is 14.9 Å². The molecule has 0 radical (unpaired) electrons. The van der Waals surface area contributed by atoms with Gasteiger partial charge in [0.05, 0.1) is 27.0 Å². The van der Waals surface area contributed by atoms with Crippen LogP contribution in [-0.2, 0) is 24.9 Å². The average molecular weight is 387 g/mol. The van der Waals surface area contributed by atoms with Crippen LogP contribution >= 0.6 is 0 Å². The Morgan fingerprint density at radius 2 is 1.71 bits per heavy atom. The fourth-order valence-corrected chi connectivity index (χ4v) is 3.44. The topological polar surface area (TPSA) is 76.7 Å². The van der Waals surface area contributed by atoms with Crippen LogP contribution in [0.5, 0.6) is 17.2 Å². The molecule has 0 bridgehead atoms. The van der Waals surface area contributed by atoms with Gasteiger partial charge in [-0.3, -0.25) is 9.69 Å². The van der Waals surface area contributed by atoms with Crippen molar-refractivity contribution < 1.29 is 14.2 Å². The van der Waals surface area contributed by atoms with E-state index in [1.54, 1.807) is 21.3 Å². The number of fused-ring (bicyclic) bond motifs is 1. The molecular formula is C21H29N3O4. The first-order chi connectivity index (χ1) is 13.3. The van der Waals surface area contributed by atoms with Gasteiger partial charge in [-0.05, 0) is 12.5 Å². The predicted molar refractivity (Wildman–Crippen MR) is 107 cm³/mol. The Bertz CT molecular complexity index is 915. The highest BCUT2D eigenvalue weighted by atomic mass is 16.5. The van der Waals surface area contributed by atoms with Gasteiger partial charge in [0.2, 0.25) is 0 Å². The molecule has 1 aliphatic heterocycles. The van der Waals surface area contributed by atoms with Crippen LogP contribution in [0.1, 0.15) is 43.4 Å². The number of aromatic nitrogens is 2. The number of hydrogen-bond acceptors (Lipinski definition) is 6. The van der Waals surface area contributed by atoms with E-state index in [9.17, 15) is 4.79 Å². The molecule has 0 atom stereocenters. The second-order valence-electron chi connectivity index (χ2n) is 8.07. The summed E-state index contributed by atoms with van der Waals surface area (Å²) in [6, 6.07) is 3.78. The minimum Gasteiger partial charge on any atom is -0.496 e. The van der Waals surface area contributed by atoms with Gasteiger partial charge in [0.25, 0.3) is 5.56 Å². The number of methoxy groups -OCH3 is 3. The zero-order valence-corrected chi connectivity index (χ0v) is 17.5. The zero-order chi connectivity index (χ0) is 20.5. The molecule has 2 heterocycles. The fourth-order valence-electron chi connectivity index (χ4n) is 3.44. The lowest BCUT2D eigenvalue weighted by Gasteiger charge is -2.29. The van der Waals surface area contributed by atoms with Gasteiger partial charge in [0.15, 0.2) is 11.5 Å². The minimum atomic E-state index is -0.205. The van der Waals surface area contributed by atoms with Crippen LogP contribution in [0, 0.1) is 0 Å². The lowest BCUT2D eigenvalue weighted by molar-refractivity contribution is 0.235. The first kappa shape index (κ1) is 20.2. The van der Waals surface area contributed by atoms with Crippen LogP contribution in [0.2, 0.25) is 0 Å². The van der Waals surface area contributed by atoms with E-state index < -0.39 is 0 Å². The third kappa shape index (κ3) is 3.99. The largest absolute Gasteiger partial charge is 0.496 e. The predicted octanol–water partition coefficient (Wildman–Crippen LogP) is 2.65. The Morgan fingerprint density at radius 1 is 1.07 bits per heavy atom. The van der Waals surface area contributed by atoms with Gasteiger partial charge in [-0.2, -0.15) is 0 Å². The lowest BCUT2D eigenvalue weighted by atomic mass is 9.95. The highest BCUT2D eigenvalue weighted by Gasteiger charge is 2.25. The molecule has 0 saturated heterocycles. The second-order valence-corrected chi connectivity index (χ2v) is 8.07. The molecule has 2 aromatic rings. The van der Waals surface area contributed by atoms with Crippen molar-refractivity contribution in [3.05, 3.63) is 45.1 Å². The zero-order valence-electron chi connectivity index (χ0n) is 17.5. The number of nitrogens with zero attached hydrogens (tertiary/aromatic N) is 2. The van der Waals surface area contributed by atoms with Gasteiger partial charge in [0.1, 0.15) is 11.6 Å². The van der Waals surface area contributed by atoms with Crippen molar-refractivity contribution in [2.75, 3.05) is 27.9 Å². The molecule has 1 aromatic carbocycles. The summed E-state index contributed by atoms with van der Waals surface area (Å²) in [4.78, 5) is 22.5. The highest BCUT2D eigenvalue weighted by Crippen LogP contribution is 2.35. The molecule has 1 aromatic heterocycles. The summed E-state index contributed by atoms with van der Waals surface area (Å²) in [5.41, 5.74) is 2.44. The van der Waals surface area contributed by atoms with Crippen LogP contribution in [0.3, 0.4) is 0 Å². The van der Waals surface area contributed by atoms with E-state index in [4.69, 9.17) is 19.2 Å². The van der Waals surface area contributed by atoms with Gasteiger partial charge in [-0.15, -0.1) is 0 Å². The Balaban J connectivity index is 1.89. The van der Waals surface area contributed by atoms with E-state index in [0.717, 1.165) is 34.9 Å². The molecule has 0 fully saturated rings. The first-order valence-corrected chi connectivity index (χ1v) is 9.40. The van der Waals surface area contributed by atoms with Crippen molar-refractivity contribution in [2.24, 2.45) is 0 Å². The molecule has 0 unspecified atom stereocenters. The molecule has 28 heavy (non-hydrogen) atoms. The molecule has 3 rings (SSSR count). The van der Waals surface area contributed by atoms with Crippen LogP contribution in [0.15, 0.2) is 16.9 Å². The Kier molecular flexibility index (Phi) is 5.65. The number of ether oxygens (including phenoxy) is 3. The van der Waals surface area contributed by atoms with Crippen molar-refractivity contribution >= 4 is 0 Å². The highest BCUT2D eigenvalue weighted by molar-refractivity contribution is 5.50. The molecule has 0 saturated carbocycles. The van der Waals surface area contributed by atoms with Crippen molar-refractivity contribution in [1.29, 1.82) is 0 Å². The van der Waals surface area contributed by atoms with E-state index in [1.807, 2.05) is 32.9 Å². The monoisotopic (exact) mass is 387 g/mol. The van der Waals surface area contributed by atoms with Crippen LogP contribution in [0.25, 0.3) is 0 Å². The number of nitrogens with one attached hydrogen (secondary N) is 1. The van der Waals surface area contributed by atoms with Crippen molar-refractivity contribution in [2.45, 2.75) is 45.7 Å². The van der Waals surface area contributed by atoms with E-state index in [-0.39, 0.29) is 11.0 Å². The number of hydrogen-bond donors (Lipinski definition) is 1. The molecule has 0 aliphatic carbocycles.